The first kappa shape index (κ1) is 23.0. The number of rotatable bonds is 0. The summed E-state index contributed by atoms with van der Waals surface area (Å²) in [7, 11) is -9.83. The Balaban J connectivity index is -0.0000000457. The molecule has 0 heterocycles. The Morgan fingerprint density at radius 1 is 0.917 bits per heavy atom. The van der Waals surface area contributed by atoms with Crippen LogP contribution in [0.2, 0.25) is 0 Å². The fourth-order valence-corrected chi connectivity index (χ4v) is 0. The van der Waals surface area contributed by atoms with Crippen LogP contribution >= 0.6 is 0 Å². The zero-order valence-electron chi connectivity index (χ0n) is 4.96. The van der Waals surface area contributed by atoms with E-state index in [1.54, 1.807) is 0 Å². The molecule has 0 atom stereocenters. The van der Waals surface area contributed by atoms with E-state index in [1.807, 2.05) is 0 Å². The predicted molar refractivity (Wildman–Crippen MR) is 33.2 cm³/mol. The van der Waals surface area contributed by atoms with E-state index in [9.17, 15) is 0 Å². The van der Waals surface area contributed by atoms with E-state index in [2.05, 4.69) is 0 Å². The van der Waals surface area contributed by atoms with Crippen molar-refractivity contribution in [1.82, 2.24) is 0 Å². The zero-order chi connectivity index (χ0) is 9.00. The molecule has 0 spiro atoms. The molecule has 2 N–H and O–H groups in total. The normalized spacial score (nSPS) is 9.67. The van der Waals surface area contributed by atoms with E-state index in [-0.39, 0.29) is 34.1 Å². The van der Waals surface area contributed by atoms with Gasteiger partial charge in [-0.1, -0.05) is 0 Å². The third-order valence-corrected chi connectivity index (χ3v) is 0. The second kappa shape index (κ2) is 8.38. The van der Waals surface area contributed by atoms with E-state index < -0.39 is 20.8 Å². The van der Waals surface area contributed by atoms with Crippen molar-refractivity contribution in [1.29, 1.82) is 0 Å². The van der Waals surface area contributed by atoms with Gasteiger partial charge in [0, 0.05) is 10.4 Å². The first-order valence-corrected chi connectivity index (χ1v) is 4.10. The monoisotopic (exact) mass is 339 g/mol. The standard InChI is InChI=1S/Cu.2H2O4S.H2Se/c;2*1-5(2,3)4;/h;2*(H2,1,2,3,4);1H2/q+2;;;/p-2. The van der Waals surface area contributed by atoms with Crippen molar-refractivity contribution in [3.05, 3.63) is 0 Å². The van der Waals surface area contributed by atoms with Crippen LogP contribution in [0.25, 0.3) is 0 Å². The summed E-state index contributed by atoms with van der Waals surface area (Å²) < 4.78 is 65.7. The summed E-state index contributed by atoms with van der Waals surface area (Å²) in [5.74, 6) is 0. The average molecular weight is 339 g/mol. The van der Waals surface area contributed by atoms with Crippen molar-refractivity contribution in [2.75, 3.05) is 0 Å². The van der Waals surface area contributed by atoms with Crippen molar-refractivity contribution < 1.29 is 52.1 Å². The minimum atomic E-state index is -5.17. The van der Waals surface area contributed by atoms with Gasteiger partial charge < -0.3 is 9.11 Å². The Bertz CT molecular complexity index is 213. The second-order valence-electron chi connectivity index (χ2n) is 0.856. The van der Waals surface area contributed by atoms with Crippen LogP contribution in [-0.2, 0) is 37.9 Å². The van der Waals surface area contributed by atoms with Gasteiger partial charge in [-0.15, -0.1) is 0 Å². The molecule has 1 radical (unpaired) electrons. The quantitative estimate of drug-likeness (QED) is 0.270. The van der Waals surface area contributed by atoms with Crippen LogP contribution in [0.15, 0.2) is 0 Å². The molecule has 0 unspecified atom stereocenters. The third-order valence-electron chi connectivity index (χ3n) is 0. The molecule has 0 amide bonds. The van der Waals surface area contributed by atoms with Gasteiger partial charge in [0.1, 0.15) is 0 Å². The molecule has 0 aromatic heterocycles. The van der Waals surface area contributed by atoms with Crippen molar-refractivity contribution >= 4 is 37.9 Å². The molecule has 81 valence electrons. The molecule has 0 aromatic rings. The van der Waals surface area contributed by atoms with Crippen LogP contribution in [0, 0.1) is 0 Å². The second-order valence-corrected chi connectivity index (χ2v) is 2.57. The van der Waals surface area contributed by atoms with Gasteiger partial charge in [0.05, 0.1) is 0 Å². The topological polar surface area (TPSA) is 155 Å². The Hall–Kier alpha value is 0.779. The minimum absolute atomic E-state index is 0. The molecule has 0 saturated carbocycles. The SMILES string of the molecule is O=S(=O)(O)O.O=S(=O)([O-])[O-].[Cu+2].[SeH2]. The zero-order valence-corrected chi connectivity index (χ0v) is 9.63. The van der Waals surface area contributed by atoms with Crippen LogP contribution in [0.1, 0.15) is 0 Å². The Kier molecular flexibility index (Phi) is 16.1. The molecular weight excluding hydrogens is 335 g/mol. The summed E-state index contributed by atoms with van der Waals surface area (Å²) in [4.78, 5) is 0. The molecule has 0 fully saturated rings. The molecule has 0 aliphatic rings. The van der Waals surface area contributed by atoms with Crippen molar-refractivity contribution in [2.24, 2.45) is 0 Å². The van der Waals surface area contributed by atoms with Gasteiger partial charge in [0.2, 0.25) is 0 Å². The summed E-state index contributed by atoms with van der Waals surface area (Å²) in [6.07, 6.45) is 0. The maximum atomic E-state index is 8.74. The molecule has 0 aliphatic heterocycles. The van der Waals surface area contributed by atoms with Crippen molar-refractivity contribution in [2.45, 2.75) is 0 Å². The Morgan fingerprint density at radius 2 is 0.917 bits per heavy atom. The van der Waals surface area contributed by atoms with Gasteiger partial charge >= 0.3 is 44.5 Å². The maximum absolute atomic E-state index is 8.74. The Labute approximate surface area is 89.8 Å². The van der Waals surface area contributed by atoms with Gasteiger partial charge in [0.15, 0.2) is 0 Å². The fourth-order valence-electron chi connectivity index (χ4n) is 0. The Morgan fingerprint density at radius 3 is 0.917 bits per heavy atom. The van der Waals surface area contributed by atoms with Gasteiger partial charge in [0.25, 0.3) is 0 Å². The van der Waals surface area contributed by atoms with E-state index in [0.717, 1.165) is 0 Å². The van der Waals surface area contributed by atoms with E-state index >= 15 is 0 Å². The molecule has 0 bridgehead atoms. The van der Waals surface area contributed by atoms with Crippen molar-refractivity contribution in [3.63, 3.8) is 0 Å². The third kappa shape index (κ3) is 1700. The predicted octanol–water partition coefficient (Wildman–Crippen LogP) is -2.91. The molecule has 12 heteroatoms. The summed E-state index contributed by atoms with van der Waals surface area (Å²) in [6, 6.07) is 0. The van der Waals surface area contributed by atoms with E-state index in [0.29, 0.717) is 0 Å². The van der Waals surface area contributed by atoms with Gasteiger partial charge in [-0.25, -0.2) is 0 Å². The first-order chi connectivity index (χ1) is 4.00. The van der Waals surface area contributed by atoms with Gasteiger partial charge in [-0.3, -0.25) is 17.5 Å². The first-order valence-electron chi connectivity index (χ1n) is 1.37. The average Bonchev–Trinajstić information content (AvgIpc) is 1.12. The summed E-state index contributed by atoms with van der Waals surface area (Å²) >= 11 is 0. The van der Waals surface area contributed by atoms with Crippen LogP contribution in [-0.4, -0.2) is 52.1 Å². The molecule has 8 nitrogen and oxygen atoms in total. The molecule has 12 heavy (non-hydrogen) atoms. The number of hydrogen-bond acceptors (Lipinski definition) is 6. The van der Waals surface area contributed by atoms with Crippen LogP contribution in [0.3, 0.4) is 0 Å². The van der Waals surface area contributed by atoms with Crippen LogP contribution in [0.4, 0.5) is 0 Å². The molecule has 0 aromatic carbocycles. The van der Waals surface area contributed by atoms with Gasteiger partial charge in [-0.05, 0) is 0 Å². The fraction of sp³-hybridized carbons (Fsp3) is 0. The van der Waals surface area contributed by atoms with E-state index in [4.69, 9.17) is 35.0 Å². The van der Waals surface area contributed by atoms with Crippen molar-refractivity contribution in [3.8, 4) is 0 Å². The van der Waals surface area contributed by atoms with Crippen LogP contribution in [0.5, 0.6) is 0 Å². The summed E-state index contributed by atoms with van der Waals surface area (Å²) in [6.45, 7) is 0. The van der Waals surface area contributed by atoms with Gasteiger partial charge in [-0.2, -0.15) is 8.42 Å². The summed E-state index contributed by atoms with van der Waals surface area (Å²) in [5.41, 5.74) is 0. The molecule has 0 rings (SSSR count). The molecule has 0 saturated heterocycles. The molecular formula is H4CuO8S2Se. The van der Waals surface area contributed by atoms with Crippen LogP contribution < -0.4 is 0 Å². The van der Waals surface area contributed by atoms with E-state index in [1.165, 1.54) is 0 Å². The number of hydrogen-bond donors (Lipinski definition) is 2. The molecule has 0 aliphatic carbocycles. The summed E-state index contributed by atoms with van der Waals surface area (Å²) in [5, 5.41) is 0.